The zero-order valence-corrected chi connectivity index (χ0v) is 14.7. The zero-order valence-electron chi connectivity index (χ0n) is 14.7. The van der Waals surface area contributed by atoms with Gasteiger partial charge in [0.05, 0.1) is 17.3 Å². The second-order valence-electron chi connectivity index (χ2n) is 6.88. The molecule has 2 amide bonds. The molecule has 132 valence electrons. The molecule has 0 bridgehead atoms. The van der Waals surface area contributed by atoms with E-state index < -0.39 is 0 Å². The van der Waals surface area contributed by atoms with Gasteiger partial charge < -0.3 is 10.2 Å². The fraction of sp³-hybridized carbons (Fsp3) is 0.286. The van der Waals surface area contributed by atoms with Crippen LogP contribution in [0, 0.1) is 12.8 Å². The molecule has 5 heteroatoms. The molecule has 1 atom stereocenters. The summed E-state index contributed by atoms with van der Waals surface area (Å²) in [5.74, 6) is -0.431. The minimum atomic E-state index is -0.208. The Morgan fingerprint density at radius 1 is 1.23 bits per heavy atom. The summed E-state index contributed by atoms with van der Waals surface area (Å²) in [7, 11) is 0. The lowest BCUT2D eigenvalue weighted by Crippen LogP contribution is -2.41. The van der Waals surface area contributed by atoms with Crippen LogP contribution in [0.1, 0.15) is 24.8 Å². The molecule has 2 aromatic rings. The van der Waals surface area contributed by atoms with Gasteiger partial charge in [-0.15, -0.1) is 0 Å². The SMILES string of the molecule is Cc1cccc(NC(=O)CN2C(=O)C3CCCC3=Nc3ccccc32)c1. The first-order chi connectivity index (χ1) is 12.6. The predicted octanol–water partition coefficient (Wildman–Crippen LogP) is 3.85. The first-order valence-electron chi connectivity index (χ1n) is 8.96. The lowest BCUT2D eigenvalue weighted by atomic mass is 10.1. The monoisotopic (exact) mass is 347 g/mol. The van der Waals surface area contributed by atoms with E-state index in [9.17, 15) is 9.59 Å². The number of carbonyl (C=O) groups is 2. The van der Waals surface area contributed by atoms with Gasteiger partial charge in [0.15, 0.2) is 0 Å². The molecule has 1 heterocycles. The molecule has 1 aliphatic heterocycles. The van der Waals surface area contributed by atoms with E-state index in [1.165, 1.54) is 0 Å². The van der Waals surface area contributed by atoms with Crippen molar-refractivity contribution in [3.8, 4) is 0 Å². The van der Waals surface area contributed by atoms with Crippen LogP contribution in [0.2, 0.25) is 0 Å². The molecule has 1 fully saturated rings. The van der Waals surface area contributed by atoms with Gasteiger partial charge in [-0.05, 0) is 56.0 Å². The summed E-state index contributed by atoms with van der Waals surface area (Å²) in [6, 6.07) is 15.2. The first-order valence-corrected chi connectivity index (χ1v) is 8.96. The molecule has 2 aliphatic rings. The van der Waals surface area contributed by atoms with Crippen molar-refractivity contribution in [2.45, 2.75) is 26.2 Å². The molecule has 1 unspecified atom stereocenters. The average Bonchev–Trinajstić information content (AvgIpc) is 3.04. The fourth-order valence-electron chi connectivity index (χ4n) is 3.71. The summed E-state index contributed by atoms with van der Waals surface area (Å²) in [6.45, 7) is 1.96. The van der Waals surface area contributed by atoms with E-state index in [2.05, 4.69) is 5.32 Å². The molecule has 2 aromatic carbocycles. The number of aryl methyl sites for hydroxylation is 1. The Hall–Kier alpha value is -2.95. The van der Waals surface area contributed by atoms with Crippen molar-refractivity contribution in [1.82, 2.24) is 0 Å². The van der Waals surface area contributed by atoms with Crippen LogP contribution in [0.25, 0.3) is 0 Å². The summed E-state index contributed by atoms with van der Waals surface area (Å²) in [6.07, 6.45) is 2.64. The van der Waals surface area contributed by atoms with Gasteiger partial charge in [-0.25, -0.2) is 0 Å². The Morgan fingerprint density at radius 3 is 2.92 bits per heavy atom. The van der Waals surface area contributed by atoms with Crippen molar-refractivity contribution < 1.29 is 9.59 Å². The second-order valence-corrected chi connectivity index (χ2v) is 6.88. The van der Waals surface area contributed by atoms with Gasteiger partial charge in [0.1, 0.15) is 6.54 Å². The fourth-order valence-corrected chi connectivity index (χ4v) is 3.71. The number of aliphatic imine (C=N–C) groups is 1. The summed E-state index contributed by atoms with van der Waals surface area (Å²) < 4.78 is 0. The summed E-state index contributed by atoms with van der Waals surface area (Å²) in [5.41, 5.74) is 4.23. The van der Waals surface area contributed by atoms with Crippen LogP contribution in [-0.2, 0) is 9.59 Å². The smallest absolute Gasteiger partial charge is 0.244 e. The van der Waals surface area contributed by atoms with Crippen LogP contribution in [0.4, 0.5) is 17.1 Å². The van der Waals surface area contributed by atoms with Gasteiger partial charge in [0.25, 0.3) is 0 Å². The van der Waals surface area contributed by atoms with Crippen LogP contribution in [0.5, 0.6) is 0 Å². The number of para-hydroxylation sites is 2. The maximum absolute atomic E-state index is 13.1. The summed E-state index contributed by atoms with van der Waals surface area (Å²) in [4.78, 5) is 32.0. The second kappa shape index (κ2) is 6.75. The normalized spacial score (nSPS) is 18.7. The first kappa shape index (κ1) is 16.5. The van der Waals surface area contributed by atoms with E-state index in [4.69, 9.17) is 4.99 Å². The molecule has 1 saturated carbocycles. The summed E-state index contributed by atoms with van der Waals surface area (Å²) >= 11 is 0. The van der Waals surface area contributed by atoms with Crippen LogP contribution < -0.4 is 10.2 Å². The molecular formula is C21H21N3O2. The Morgan fingerprint density at radius 2 is 2.08 bits per heavy atom. The third-order valence-electron chi connectivity index (χ3n) is 4.93. The molecule has 4 rings (SSSR count). The minimum absolute atomic E-state index is 0.0108. The molecule has 0 saturated heterocycles. The van der Waals surface area contributed by atoms with Crippen molar-refractivity contribution in [3.63, 3.8) is 0 Å². The van der Waals surface area contributed by atoms with Gasteiger partial charge in [-0.3, -0.25) is 14.6 Å². The lowest BCUT2D eigenvalue weighted by Gasteiger charge is -2.24. The Balaban J connectivity index is 1.61. The number of nitrogens with one attached hydrogen (secondary N) is 1. The third kappa shape index (κ3) is 3.12. The van der Waals surface area contributed by atoms with Gasteiger partial charge in [0.2, 0.25) is 11.8 Å². The molecular weight excluding hydrogens is 326 g/mol. The Kier molecular flexibility index (Phi) is 4.29. The average molecular weight is 347 g/mol. The number of rotatable bonds is 3. The predicted molar refractivity (Wildman–Crippen MR) is 103 cm³/mol. The van der Waals surface area contributed by atoms with Gasteiger partial charge >= 0.3 is 0 Å². The standard InChI is InChI=1S/C21H21N3O2/c1-14-6-4-7-15(12-14)22-20(25)13-24-19-11-3-2-9-18(19)23-17-10-5-8-16(17)21(24)26/h2-4,6-7,9,11-12,16H,5,8,10,13H2,1H3,(H,22,25). The third-order valence-corrected chi connectivity index (χ3v) is 4.93. The van der Waals surface area contributed by atoms with Crippen LogP contribution in [0.15, 0.2) is 53.5 Å². The minimum Gasteiger partial charge on any atom is -0.325 e. The van der Waals surface area contributed by atoms with Crippen molar-refractivity contribution >= 4 is 34.6 Å². The number of anilines is 2. The summed E-state index contributed by atoms with van der Waals surface area (Å²) in [5, 5.41) is 2.89. The Bertz CT molecular complexity index is 904. The van der Waals surface area contributed by atoms with E-state index in [1.807, 2.05) is 55.5 Å². The number of nitrogens with zero attached hydrogens (tertiary/aromatic N) is 2. The van der Waals surface area contributed by atoms with Crippen LogP contribution in [0.3, 0.4) is 0 Å². The van der Waals surface area contributed by atoms with Crippen molar-refractivity contribution in [1.29, 1.82) is 0 Å². The molecule has 0 aromatic heterocycles. The van der Waals surface area contributed by atoms with E-state index in [0.717, 1.165) is 41.9 Å². The maximum Gasteiger partial charge on any atom is 0.244 e. The molecule has 0 spiro atoms. The molecule has 26 heavy (non-hydrogen) atoms. The van der Waals surface area contributed by atoms with E-state index in [1.54, 1.807) is 4.90 Å². The molecule has 0 radical (unpaired) electrons. The number of fused-ring (bicyclic) bond motifs is 2. The quantitative estimate of drug-likeness (QED) is 0.916. The molecule has 1 aliphatic carbocycles. The van der Waals surface area contributed by atoms with Gasteiger partial charge in [-0.2, -0.15) is 0 Å². The maximum atomic E-state index is 13.1. The van der Waals surface area contributed by atoms with Crippen LogP contribution >= 0.6 is 0 Å². The van der Waals surface area contributed by atoms with Crippen LogP contribution in [-0.4, -0.2) is 24.1 Å². The number of benzene rings is 2. The van der Waals surface area contributed by atoms with Crippen molar-refractivity contribution in [3.05, 3.63) is 54.1 Å². The van der Waals surface area contributed by atoms with Crippen molar-refractivity contribution in [2.75, 3.05) is 16.8 Å². The lowest BCUT2D eigenvalue weighted by molar-refractivity contribution is -0.122. The molecule has 1 N–H and O–H groups in total. The highest BCUT2D eigenvalue weighted by atomic mass is 16.2. The number of hydrogen-bond acceptors (Lipinski definition) is 3. The number of amides is 2. The highest BCUT2D eigenvalue weighted by Crippen LogP contribution is 2.37. The van der Waals surface area contributed by atoms with Gasteiger partial charge in [0, 0.05) is 11.4 Å². The van der Waals surface area contributed by atoms with Gasteiger partial charge in [-0.1, -0.05) is 24.3 Å². The largest absolute Gasteiger partial charge is 0.325 e. The van der Waals surface area contributed by atoms with E-state index in [-0.39, 0.29) is 24.3 Å². The Labute approximate surface area is 152 Å². The van der Waals surface area contributed by atoms with E-state index in [0.29, 0.717) is 5.69 Å². The van der Waals surface area contributed by atoms with Crippen molar-refractivity contribution in [2.24, 2.45) is 10.9 Å². The topological polar surface area (TPSA) is 61.8 Å². The molecule has 5 nitrogen and oxygen atoms in total. The number of hydrogen-bond donors (Lipinski definition) is 1. The highest BCUT2D eigenvalue weighted by Gasteiger charge is 2.36. The van der Waals surface area contributed by atoms with E-state index >= 15 is 0 Å². The highest BCUT2D eigenvalue weighted by molar-refractivity contribution is 6.16. The zero-order chi connectivity index (χ0) is 18.1. The number of carbonyl (C=O) groups excluding carboxylic acids is 2.